The maximum Gasteiger partial charge on any atom is 0.406 e. The number of imidazole rings is 1. The average molecular weight is 326 g/mol. The van der Waals surface area contributed by atoms with E-state index in [4.69, 9.17) is 0 Å². The Morgan fingerprint density at radius 2 is 2.09 bits per heavy atom. The number of nitrogens with one attached hydrogen (secondary N) is 2. The molecule has 0 aliphatic heterocycles. The molecule has 2 N–H and O–H groups in total. The van der Waals surface area contributed by atoms with E-state index in [-0.39, 0.29) is 18.3 Å². The number of carbonyl (C=O) groups excluding carboxylic acids is 1. The van der Waals surface area contributed by atoms with E-state index in [9.17, 15) is 18.0 Å². The van der Waals surface area contributed by atoms with Crippen molar-refractivity contribution in [3.05, 3.63) is 47.5 Å². The summed E-state index contributed by atoms with van der Waals surface area (Å²) in [5.41, 5.74) is 1.78. The Kier molecular flexibility index (Phi) is 4.92. The Morgan fingerprint density at radius 1 is 1.35 bits per heavy atom. The van der Waals surface area contributed by atoms with E-state index in [1.165, 1.54) is 19.4 Å². The monoisotopic (exact) mass is 326 g/mol. The quantitative estimate of drug-likeness (QED) is 0.888. The van der Waals surface area contributed by atoms with Crippen LogP contribution in [-0.2, 0) is 13.1 Å². The SMILES string of the molecule is CNC(=O)c1c(C)cccc1NCc1nccn1CC(F)(F)F. The topological polar surface area (TPSA) is 59.0 Å². The van der Waals surface area contributed by atoms with Crippen molar-refractivity contribution in [3.63, 3.8) is 0 Å². The number of hydrogen-bond acceptors (Lipinski definition) is 3. The van der Waals surface area contributed by atoms with Crippen LogP contribution in [0.2, 0.25) is 0 Å². The fourth-order valence-corrected chi connectivity index (χ4v) is 2.26. The van der Waals surface area contributed by atoms with Crippen LogP contribution >= 0.6 is 0 Å². The van der Waals surface area contributed by atoms with Crippen molar-refractivity contribution in [2.24, 2.45) is 0 Å². The highest BCUT2D eigenvalue weighted by Crippen LogP contribution is 2.21. The predicted octanol–water partition coefficient (Wildman–Crippen LogP) is 2.73. The standard InChI is InChI=1S/C15H17F3N4O/c1-10-4-3-5-11(13(10)14(23)19-2)21-8-12-20-6-7-22(12)9-15(16,17)18/h3-7,21H,8-9H2,1-2H3,(H,19,23). The highest BCUT2D eigenvalue weighted by atomic mass is 19.4. The van der Waals surface area contributed by atoms with Crippen molar-refractivity contribution in [1.82, 2.24) is 14.9 Å². The Balaban J connectivity index is 2.18. The smallest absolute Gasteiger partial charge is 0.377 e. The number of nitrogens with zero attached hydrogens (tertiary/aromatic N) is 2. The summed E-state index contributed by atoms with van der Waals surface area (Å²) in [6, 6.07) is 5.27. The van der Waals surface area contributed by atoms with Crippen LogP contribution in [-0.4, -0.2) is 28.7 Å². The molecule has 0 bridgehead atoms. The predicted molar refractivity (Wildman–Crippen MR) is 80.2 cm³/mol. The molecule has 2 rings (SSSR count). The van der Waals surface area contributed by atoms with E-state index in [0.29, 0.717) is 11.3 Å². The Bertz CT molecular complexity index is 694. The molecule has 0 atom stereocenters. The third-order valence-electron chi connectivity index (χ3n) is 3.32. The maximum atomic E-state index is 12.5. The van der Waals surface area contributed by atoms with E-state index < -0.39 is 12.7 Å². The zero-order valence-corrected chi connectivity index (χ0v) is 12.7. The summed E-state index contributed by atoms with van der Waals surface area (Å²) < 4.78 is 38.6. The Labute approximate surface area is 131 Å². The second kappa shape index (κ2) is 6.72. The molecule has 1 amide bonds. The Morgan fingerprint density at radius 3 is 2.74 bits per heavy atom. The Hall–Kier alpha value is -2.51. The van der Waals surface area contributed by atoms with Gasteiger partial charge in [0, 0.05) is 25.1 Å². The van der Waals surface area contributed by atoms with Gasteiger partial charge in [-0.15, -0.1) is 0 Å². The van der Waals surface area contributed by atoms with Gasteiger partial charge in [0.25, 0.3) is 5.91 Å². The van der Waals surface area contributed by atoms with Crippen molar-refractivity contribution in [3.8, 4) is 0 Å². The number of hydrogen-bond donors (Lipinski definition) is 2. The highest BCUT2D eigenvalue weighted by Gasteiger charge is 2.28. The fourth-order valence-electron chi connectivity index (χ4n) is 2.26. The summed E-state index contributed by atoms with van der Waals surface area (Å²) in [7, 11) is 1.52. The summed E-state index contributed by atoms with van der Waals surface area (Å²) in [5.74, 6) is -0.0177. The molecule has 0 aliphatic rings. The van der Waals surface area contributed by atoms with Gasteiger partial charge in [-0.1, -0.05) is 12.1 Å². The molecular formula is C15H17F3N4O. The largest absolute Gasteiger partial charge is 0.406 e. The molecule has 0 aliphatic carbocycles. The van der Waals surface area contributed by atoms with Gasteiger partial charge in [0.1, 0.15) is 12.4 Å². The molecule has 1 heterocycles. The molecule has 0 saturated carbocycles. The van der Waals surface area contributed by atoms with Crippen LogP contribution in [0.1, 0.15) is 21.7 Å². The second-order valence-electron chi connectivity index (χ2n) is 5.02. The summed E-state index contributed by atoms with van der Waals surface area (Å²) in [6.45, 7) is 0.775. The van der Waals surface area contributed by atoms with Crippen LogP contribution in [0, 0.1) is 6.92 Å². The molecule has 0 spiro atoms. The molecule has 124 valence electrons. The molecule has 0 saturated heterocycles. The fraction of sp³-hybridized carbons (Fsp3) is 0.333. The number of halogens is 3. The number of anilines is 1. The molecular weight excluding hydrogens is 309 g/mol. The minimum Gasteiger partial charge on any atom is -0.377 e. The molecule has 0 unspecified atom stereocenters. The zero-order valence-electron chi connectivity index (χ0n) is 12.7. The van der Waals surface area contributed by atoms with E-state index in [2.05, 4.69) is 15.6 Å². The van der Waals surface area contributed by atoms with Crippen molar-refractivity contribution < 1.29 is 18.0 Å². The summed E-state index contributed by atoms with van der Waals surface area (Å²) in [4.78, 5) is 15.9. The van der Waals surface area contributed by atoms with E-state index in [1.54, 1.807) is 25.1 Å². The minimum absolute atomic E-state index is 0.0799. The lowest BCUT2D eigenvalue weighted by Gasteiger charge is -2.15. The lowest BCUT2D eigenvalue weighted by atomic mass is 10.1. The molecule has 23 heavy (non-hydrogen) atoms. The van der Waals surface area contributed by atoms with Gasteiger partial charge in [0.15, 0.2) is 0 Å². The third kappa shape index (κ3) is 4.24. The van der Waals surface area contributed by atoms with Crippen molar-refractivity contribution in [2.75, 3.05) is 12.4 Å². The number of rotatable bonds is 5. The van der Waals surface area contributed by atoms with Gasteiger partial charge in [-0.25, -0.2) is 4.98 Å². The van der Waals surface area contributed by atoms with Crippen LogP contribution in [0.25, 0.3) is 0 Å². The molecule has 1 aromatic heterocycles. The normalized spacial score (nSPS) is 11.3. The number of aromatic nitrogens is 2. The number of aryl methyl sites for hydroxylation is 1. The number of carbonyl (C=O) groups is 1. The first kappa shape index (κ1) is 16.9. The summed E-state index contributed by atoms with van der Waals surface area (Å²) >= 11 is 0. The summed E-state index contributed by atoms with van der Waals surface area (Å²) in [6.07, 6.45) is -1.72. The minimum atomic E-state index is -4.31. The van der Waals surface area contributed by atoms with E-state index in [1.807, 2.05) is 0 Å². The molecule has 2 aromatic rings. The van der Waals surface area contributed by atoms with Crippen LogP contribution in [0.4, 0.5) is 18.9 Å². The van der Waals surface area contributed by atoms with Gasteiger partial charge in [-0.2, -0.15) is 13.2 Å². The van der Waals surface area contributed by atoms with Gasteiger partial charge in [0.05, 0.1) is 12.1 Å². The zero-order chi connectivity index (χ0) is 17.0. The highest BCUT2D eigenvalue weighted by molar-refractivity contribution is 6.00. The van der Waals surface area contributed by atoms with Gasteiger partial charge in [0.2, 0.25) is 0 Å². The number of alkyl halides is 3. The maximum absolute atomic E-state index is 12.5. The third-order valence-corrected chi connectivity index (χ3v) is 3.32. The first-order chi connectivity index (χ1) is 10.8. The van der Waals surface area contributed by atoms with Crippen molar-refractivity contribution in [2.45, 2.75) is 26.2 Å². The van der Waals surface area contributed by atoms with Gasteiger partial charge < -0.3 is 15.2 Å². The van der Waals surface area contributed by atoms with Crippen LogP contribution in [0.3, 0.4) is 0 Å². The molecule has 8 heteroatoms. The van der Waals surface area contributed by atoms with Gasteiger partial charge in [-0.05, 0) is 18.6 Å². The number of benzene rings is 1. The van der Waals surface area contributed by atoms with Gasteiger partial charge >= 0.3 is 6.18 Å². The molecule has 5 nitrogen and oxygen atoms in total. The van der Waals surface area contributed by atoms with Crippen LogP contribution in [0.5, 0.6) is 0 Å². The first-order valence-corrected chi connectivity index (χ1v) is 6.94. The lowest BCUT2D eigenvalue weighted by Crippen LogP contribution is -2.22. The van der Waals surface area contributed by atoms with Gasteiger partial charge in [-0.3, -0.25) is 4.79 Å². The van der Waals surface area contributed by atoms with Crippen molar-refractivity contribution >= 4 is 11.6 Å². The first-order valence-electron chi connectivity index (χ1n) is 6.94. The second-order valence-corrected chi connectivity index (χ2v) is 5.02. The molecule has 0 radical (unpaired) electrons. The number of amides is 1. The van der Waals surface area contributed by atoms with E-state index >= 15 is 0 Å². The van der Waals surface area contributed by atoms with E-state index in [0.717, 1.165) is 10.1 Å². The van der Waals surface area contributed by atoms with Crippen LogP contribution in [0.15, 0.2) is 30.6 Å². The van der Waals surface area contributed by atoms with Crippen molar-refractivity contribution in [1.29, 1.82) is 0 Å². The lowest BCUT2D eigenvalue weighted by molar-refractivity contribution is -0.141. The van der Waals surface area contributed by atoms with Crippen LogP contribution < -0.4 is 10.6 Å². The molecule has 0 fully saturated rings. The summed E-state index contributed by atoms with van der Waals surface area (Å²) in [5, 5.41) is 5.54. The molecule has 1 aromatic carbocycles. The average Bonchev–Trinajstić information content (AvgIpc) is 2.89.